The molecule has 0 fully saturated rings. The molecule has 0 saturated carbocycles. The van der Waals surface area contributed by atoms with E-state index in [1.165, 1.54) is 17.0 Å². The number of rotatable bonds is 2. The number of carbonyl (C=O) groups is 1. The Morgan fingerprint density at radius 2 is 1.75 bits per heavy atom. The molecular formula is C25H21FN2O4. The topological polar surface area (TPSA) is 76.6 Å². The summed E-state index contributed by atoms with van der Waals surface area (Å²) in [6.45, 7) is 8.04. The van der Waals surface area contributed by atoms with Crippen LogP contribution in [0.4, 0.5) is 10.2 Å². The van der Waals surface area contributed by atoms with Crippen molar-refractivity contribution in [2.45, 2.75) is 39.2 Å². The molecule has 1 atom stereocenters. The maximum atomic E-state index is 13.9. The van der Waals surface area contributed by atoms with Crippen LogP contribution in [-0.2, 0) is 5.41 Å². The van der Waals surface area contributed by atoms with Gasteiger partial charge in [-0.15, -0.1) is 0 Å². The minimum absolute atomic E-state index is 0.0579. The lowest BCUT2D eigenvalue weighted by atomic mass is 9.86. The number of aryl methyl sites for hydroxylation is 1. The summed E-state index contributed by atoms with van der Waals surface area (Å²) in [6.07, 6.45) is 0. The highest BCUT2D eigenvalue weighted by molar-refractivity contribution is 6.10. The Balaban J connectivity index is 1.77. The van der Waals surface area contributed by atoms with Crippen molar-refractivity contribution in [3.8, 4) is 0 Å². The second-order valence-corrected chi connectivity index (χ2v) is 9.06. The predicted octanol–water partition coefficient (Wildman–Crippen LogP) is 5.28. The smallest absolute Gasteiger partial charge is 0.296 e. The van der Waals surface area contributed by atoms with Crippen molar-refractivity contribution in [3.63, 3.8) is 0 Å². The molecule has 5 rings (SSSR count). The Labute approximate surface area is 183 Å². The van der Waals surface area contributed by atoms with Crippen LogP contribution in [0.15, 0.2) is 62.3 Å². The highest BCUT2D eigenvalue weighted by Crippen LogP contribution is 2.41. The lowest BCUT2D eigenvalue weighted by molar-refractivity contribution is 0.0969. The summed E-state index contributed by atoms with van der Waals surface area (Å²) >= 11 is 0. The Morgan fingerprint density at radius 3 is 2.38 bits per heavy atom. The second-order valence-electron chi connectivity index (χ2n) is 9.06. The van der Waals surface area contributed by atoms with Crippen molar-refractivity contribution < 1.29 is 18.1 Å². The average molecular weight is 432 g/mol. The van der Waals surface area contributed by atoms with Gasteiger partial charge in [0.05, 0.1) is 17.0 Å². The Bertz CT molecular complexity index is 1430. The van der Waals surface area contributed by atoms with Crippen LogP contribution in [0.3, 0.4) is 0 Å². The van der Waals surface area contributed by atoms with Gasteiger partial charge in [0.1, 0.15) is 17.2 Å². The summed E-state index contributed by atoms with van der Waals surface area (Å²) in [5.74, 6) is -0.319. The van der Waals surface area contributed by atoms with Crippen LogP contribution in [0.2, 0.25) is 0 Å². The lowest BCUT2D eigenvalue weighted by Gasteiger charge is -2.24. The predicted molar refractivity (Wildman–Crippen MR) is 117 cm³/mol. The van der Waals surface area contributed by atoms with Gasteiger partial charge in [0, 0.05) is 6.07 Å². The van der Waals surface area contributed by atoms with Crippen molar-refractivity contribution in [1.82, 2.24) is 5.16 Å². The molecule has 6 nitrogen and oxygen atoms in total. The van der Waals surface area contributed by atoms with Gasteiger partial charge in [-0.25, -0.2) is 4.39 Å². The van der Waals surface area contributed by atoms with Crippen molar-refractivity contribution in [2.24, 2.45) is 0 Å². The number of fused-ring (bicyclic) bond motifs is 2. The molecule has 2 aromatic carbocycles. The minimum atomic E-state index is -0.778. The van der Waals surface area contributed by atoms with Gasteiger partial charge >= 0.3 is 0 Å². The second kappa shape index (κ2) is 6.88. The summed E-state index contributed by atoms with van der Waals surface area (Å²) in [5.41, 5.74) is 1.65. The van der Waals surface area contributed by atoms with E-state index in [2.05, 4.69) is 25.9 Å². The van der Waals surface area contributed by atoms with Crippen LogP contribution in [0.1, 0.15) is 59.8 Å². The van der Waals surface area contributed by atoms with E-state index < -0.39 is 23.2 Å². The van der Waals surface area contributed by atoms with E-state index in [9.17, 15) is 14.0 Å². The molecule has 162 valence electrons. The largest absolute Gasteiger partial charge is 0.450 e. The van der Waals surface area contributed by atoms with Gasteiger partial charge in [-0.05, 0) is 41.7 Å². The first-order valence-corrected chi connectivity index (χ1v) is 10.3. The number of hydrogen-bond donors (Lipinski definition) is 0. The highest BCUT2D eigenvalue weighted by atomic mass is 19.1. The van der Waals surface area contributed by atoms with E-state index in [4.69, 9.17) is 8.94 Å². The number of anilines is 1. The molecule has 0 radical (unpaired) electrons. The van der Waals surface area contributed by atoms with Crippen molar-refractivity contribution in [1.29, 1.82) is 0 Å². The molecule has 2 aromatic heterocycles. The van der Waals surface area contributed by atoms with Gasteiger partial charge in [-0.2, -0.15) is 0 Å². The van der Waals surface area contributed by atoms with Gasteiger partial charge < -0.3 is 8.94 Å². The fourth-order valence-corrected chi connectivity index (χ4v) is 4.13. The van der Waals surface area contributed by atoms with Gasteiger partial charge in [0.2, 0.25) is 5.76 Å². The number of carbonyl (C=O) groups excluding carboxylic acids is 1. The zero-order valence-corrected chi connectivity index (χ0v) is 18.1. The quantitative estimate of drug-likeness (QED) is 0.431. The molecule has 1 aliphatic rings. The summed E-state index contributed by atoms with van der Waals surface area (Å²) in [5, 5.41) is 4.09. The standard InChI is InChI=1S/C25H21FN2O4/c1-13-11-19(27-32-13)28-21(14-5-7-15(8-6-14)25(2,3)4)20-22(29)17-12-16(26)9-10-18(17)31-23(20)24(28)30/h5-12,21H,1-4H3/t21-/m0/s1. The monoisotopic (exact) mass is 432 g/mol. The fraction of sp³-hybridized carbons (Fsp3) is 0.240. The molecule has 0 bridgehead atoms. The normalized spacial score (nSPS) is 16.1. The van der Waals surface area contributed by atoms with Crippen molar-refractivity contribution >= 4 is 22.7 Å². The van der Waals surface area contributed by atoms with Crippen LogP contribution in [0.25, 0.3) is 11.0 Å². The molecular weight excluding hydrogens is 411 g/mol. The zero-order chi connectivity index (χ0) is 22.8. The van der Waals surface area contributed by atoms with Crippen LogP contribution in [0.5, 0.6) is 0 Å². The maximum Gasteiger partial charge on any atom is 0.296 e. The van der Waals surface area contributed by atoms with Gasteiger partial charge in [-0.1, -0.05) is 50.2 Å². The number of aromatic nitrogens is 1. The third-order valence-corrected chi connectivity index (χ3v) is 5.79. The highest BCUT2D eigenvalue weighted by Gasteiger charge is 2.45. The van der Waals surface area contributed by atoms with E-state index in [0.29, 0.717) is 11.3 Å². The van der Waals surface area contributed by atoms with Crippen LogP contribution in [-0.4, -0.2) is 11.1 Å². The van der Waals surface area contributed by atoms with Gasteiger partial charge in [0.15, 0.2) is 11.2 Å². The van der Waals surface area contributed by atoms with Crippen LogP contribution < -0.4 is 10.3 Å². The molecule has 7 heteroatoms. The van der Waals surface area contributed by atoms with E-state index in [1.807, 2.05) is 24.3 Å². The molecule has 1 amide bonds. The maximum absolute atomic E-state index is 13.9. The third-order valence-electron chi connectivity index (χ3n) is 5.79. The Kier molecular flexibility index (Phi) is 4.34. The number of benzene rings is 2. The Hall–Kier alpha value is -3.74. The van der Waals surface area contributed by atoms with Crippen molar-refractivity contribution in [2.75, 3.05) is 4.90 Å². The van der Waals surface area contributed by atoms with Gasteiger partial charge in [0.25, 0.3) is 5.91 Å². The fourth-order valence-electron chi connectivity index (χ4n) is 4.13. The zero-order valence-electron chi connectivity index (χ0n) is 18.1. The first-order valence-electron chi connectivity index (χ1n) is 10.3. The van der Waals surface area contributed by atoms with E-state index in [1.54, 1.807) is 13.0 Å². The third kappa shape index (κ3) is 3.04. The molecule has 0 aliphatic carbocycles. The van der Waals surface area contributed by atoms with E-state index in [-0.39, 0.29) is 33.5 Å². The molecule has 1 aliphatic heterocycles. The van der Waals surface area contributed by atoms with Crippen molar-refractivity contribution in [3.05, 3.63) is 92.8 Å². The molecule has 0 N–H and O–H groups in total. The molecule has 32 heavy (non-hydrogen) atoms. The van der Waals surface area contributed by atoms with E-state index >= 15 is 0 Å². The molecule has 0 unspecified atom stereocenters. The summed E-state index contributed by atoms with van der Waals surface area (Å²) in [7, 11) is 0. The lowest BCUT2D eigenvalue weighted by Crippen LogP contribution is -2.29. The summed E-state index contributed by atoms with van der Waals surface area (Å²) < 4.78 is 24.9. The van der Waals surface area contributed by atoms with E-state index in [0.717, 1.165) is 11.6 Å². The average Bonchev–Trinajstić information content (AvgIpc) is 3.29. The first-order chi connectivity index (χ1) is 15.1. The SMILES string of the molecule is Cc1cc(N2C(=O)c3oc4ccc(F)cc4c(=O)c3[C@@H]2c2ccc(C(C)(C)C)cc2)no1. The molecule has 3 heterocycles. The summed E-state index contributed by atoms with van der Waals surface area (Å²) in [6, 6.07) is 12.3. The number of amides is 1. The number of halogens is 1. The molecule has 4 aromatic rings. The molecule has 0 saturated heterocycles. The van der Waals surface area contributed by atoms with Crippen LogP contribution >= 0.6 is 0 Å². The van der Waals surface area contributed by atoms with Gasteiger partial charge in [-0.3, -0.25) is 14.5 Å². The Morgan fingerprint density at radius 1 is 1.03 bits per heavy atom. The van der Waals surface area contributed by atoms with Crippen LogP contribution in [0, 0.1) is 12.7 Å². The first kappa shape index (κ1) is 20.2. The number of nitrogens with zero attached hydrogens (tertiary/aromatic N) is 2. The molecule has 0 spiro atoms. The minimum Gasteiger partial charge on any atom is -0.450 e. The number of hydrogen-bond acceptors (Lipinski definition) is 5. The summed E-state index contributed by atoms with van der Waals surface area (Å²) in [4.78, 5) is 28.3.